The number of amides is 1. The van der Waals surface area contributed by atoms with Gasteiger partial charge in [0.05, 0.1) is 30.2 Å². The van der Waals surface area contributed by atoms with Crippen molar-refractivity contribution >= 4 is 22.6 Å². The number of rotatable bonds is 6. The molecule has 3 aliphatic rings. The number of nitrogens with zero attached hydrogens (tertiary/aromatic N) is 1. The Morgan fingerprint density at radius 3 is 2.38 bits per heavy atom. The summed E-state index contributed by atoms with van der Waals surface area (Å²) < 4.78 is 45.3. The molecular formula is C29H25F2N3O5. The standard InChI is InChI=1S/C29H25F2N3O5/c30-19-9-18(19)29(36)32-17-7-5-15(6-8-17)14-1-3-16(4-2-14)26-20(31)10-21-22(34-26)11-25(33-21)39-24-13-38-27-23(35)12-37-28(24)27/h1-8,10-11,18-19,23-24,27-28,33,35H,9,12-13H2,(H,32,36)/t18-,19+,23-,24-,27-,28-/m1/s1. The number of pyridine rings is 1. The quantitative estimate of drug-likeness (QED) is 0.343. The summed E-state index contributed by atoms with van der Waals surface area (Å²) in [4.78, 5) is 19.5. The van der Waals surface area contributed by atoms with Gasteiger partial charge in [0.15, 0.2) is 17.8 Å². The van der Waals surface area contributed by atoms with Gasteiger partial charge in [0.1, 0.15) is 30.2 Å². The van der Waals surface area contributed by atoms with Crippen molar-refractivity contribution in [2.24, 2.45) is 5.92 Å². The van der Waals surface area contributed by atoms with Crippen LogP contribution in [-0.2, 0) is 14.3 Å². The fourth-order valence-electron chi connectivity index (χ4n) is 5.22. The molecule has 39 heavy (non-hydrogen) atoms. The second-order valence-electron chi connectivity index (χ2n) is 10.2. The lowest BCUT2D eigenvalue weighted by Gasteiger charge is -2.16. The number of carbonyl (C=O) groups excluding carboxylic acids is 1. The molecule has 8 nitrogen and oxygen atoms in total. The number of aliphatic hydroxyl groups excluding tert-OH is 1. The highest BCUT2D eigenvalue weighted by Crippen LogP contribution is 2.35. The van der Waals surface area contributed by atoms with Gasteiger partial charge in [-0.05, 0) is 29.7 Å². The van der Waals surface area contributed by atoms with E-state index < -0.39 is 30.1 Å². The Balaban J connectivity index is 1.06. The molecule has 0 bridgehead atoms. The summed E-state index contributed by atoms with van der Waals surface area (Å²) in [5.74, 6) is -0.885. The monoisotopic (exact) mass is 533 g/mol. The molecule has 2 aromatic heterocycles. The van der Waals surface area contributed by atoms with E-state index in [0.29, 0.717) is 34.8 Å². The third-order valence-corrected chi connectivity index (χ3v) is 7.48. The van der Waals surface area contributed by atoms with Gasteiger partial charge in [0.25, 0.3) is 0 Å². The van der Waals surface area contributed by atoms with Crippen molar-refractivity contribution in [1.29, 1.82) is 0 Å². The van der Waals surface area contributed by atoms with E-state index in [1.807, 2.05) is 24.3 Å². The number of alkyl halides is 1. The van der Waals surface area contributed by atoms with Crippen LogP contribution in [0.1, 0.15) is 6.42 Å². The van der Waals surface area contributed by atoms with E-state index in [1.165, 1.54) is 6.07 Å². The smallest absolute Gasteiger partial charge is 0.230 e. The second-order valence-corrected chi connectivity index (χ2v) is 10.2. The van der Waals surface area contributed by atoms with Crippen molar-refractivity contribution < 1.29 is 32.9 Å². The number of halogens is 2. The number of hydrogen-bond donors (Lipinski definition) is 3. The summed E-state index contributed by atoms with van der Waals surface area (Å²) in [7, 11) is 0. The fourth-order valence-corrected chi connectivity index (χ4v) is 5.22. The molecule has 10 heteroatoms. The maximum atomic E-state index is 15.0. The summed E-state index contributed by atoms with van der Waals surface area (Å²) in [6.07, 6.45) is -2.55. The van der Waals surface area contributed by atoms with Crippen LogP contribution in [-0.4, -0.2) is 64.8 Å². The first-order chi connectivity index (χ1) is 18.9. The second kappa shape index (κ2) is 9.41. The molecule has 1 saturated carbocycles. The van der Waals surface area contributed by atoms with E-state index in [2.05, 4.69) is 15.3 Å². The molecule has 1 amide bonds. The van der Waals surface area contributed by atoms with Gasteiger partial charge >= 0.3 is 0 Å². The third kappa shape index (κ3) is 4.54. The number of benzene rings is 2. The van der Waals surface area contributed by atoms with Crippen LogP contribution in [0.15, 0.2) is 60.7 Å². The molecule has 3 N–H and O–H groups in total. The van der Waals surface area contributed by atoms with E-state index >= 15 is 4.39 Å². The third-order valence-electron chi connectivity index (χ3n) is 7.48. The molecule has 0 radical (unpaired) electrons. The van der Waals surface area contributed by atoms with Gasteiger partial charge in [-0.15, -0.1) is 0 Å². The first-order valence-electron chi connectivity index (χ1n) is 12.9. The van der Waals surface area contributed by atoms with E-state index in [0.717, 1.165) is 11.1 Å². The number of carbonyl (C=O) groups is 1. The van der Waals surface area contributed by atoms with Crippen LogP contribution in [0.3, 0.4) is 0 Å². The van der Waals surface area contributed by atoms with Crippen molar-refractivity contribution in [2.45, 2.75) is 37.0 Å². The van der Waals surface area contributed by atoms with Crippen LogP contribution < -0.4 is 10.1 Å². The number of anilines is 1. The summed E-state index contributed by atoms with van der Waals surface area (Å²) in [5, 5.41) is 12.7. The minimum absolute atomic E-state index is 0.211. The number of fused-ring (bicyclic) bond motifs is 2. The Hall–Kier alpha value is -3.86. The van der Waals surface area contributed by atoms with Gasteiger partial charge in [-0.25, -0.2) is 13.8 Å². The molecule has 0 spiro atoms. The van der Waals surface area contributed by atoms with Crippen molar-refractivity contribution in [3.05, 3.63) is 66.5 Å². The Morgan fingerprint density at radius 1 is 1.00 bits per heavy atom. The van der Waals surface area contributed by atoms with Crippen molar-refractivity contribution in [3.63, 3.8) is 0 Å². The number of H-pyrrole nitrogens is 1. The van der Waals surface area contributed by atoms with Gasteiger partial charge < -0.3 is 29.6 Å². The Morgan fingerprint density at radius 2 is 1.67 bits per heavy atom. The zero-order valence-electron chi connectivity index (χ0n) is 20.6. The molecule has 3 fully saturated rings. The van der Waals surface area contributed by atoms with Gasteiger partial charge in [-0.3, -0.25) is 4.79 Å². The molecule has 4 heterocycles. The van der Waals surface area contributed by atoms with Crippen LogP contribution in [0.5, 0.6) is 5.88 Å². The molecule has 7 rings (SSSR count). The zero-order chi connectivity index (χ0) is 26.7. The molecule has 6 atom stereocenters. The number of hydrogen-bond acceptors (Lipinski definition) is 6. The summed E-state index contributed by atoms with van der Waals surface area (Å²) in [6.45, 7) is 0.501. The van der Waals surface area contributed by atoms with Crippen molar-refractivity contribution in [2.75, 3.05) is 18.5 Å². The van der Waals surface area contributed by atoms with Crippen LogP contribution in [0.4, 0.5) is 14.5 Å². The van der Waals surface area contributed by atoms with Crippen molar-refractivity contribution in [1.82, 2.24) is 9.97 Å². The zero-order valence-corrected chi connectivity index (χ0v) is 20.6. The number of aliphatic hydroxyl groups is 1. The predicted molar refractivity (Wildman–Crippen MR) is 138 cm³/mol. The van der Waals surface area contributed by atoms with Gasteiger partial charge in [-0.1, -0.05) is 36.4 Å². The van der Waals surface area contributed by atoms with E-state index in [4.69, 9.17) is 14.2 Å². The molecular weight excluding hydrogens is 508 g/mol. The summed E-state index contributed by atoms with van der Waals surface area (Å²) in [5.41, 5.74) is 4.34. The number of aromatic amines is 1. The highest BCUT2D eigenvalue weighted by atomic mass is 19.1. The van der Waals surface area contributed by atoms with Crippen LogP contribution in [0, 0.1) is 11.7 Å². The predicted octanol–water partition coefficient (Wildman–Crippen LogP) is 4.24. The maximum Gasteiger partial charge on any atom is 0.230 e. The molecule has 0 unspecified atom stereocenters. The highest BCUT2D eigenvalue weighted by molar-refractivity contribution is 5.95. The van der Waals surface area contributed by atoms with E-state index in [1.54, 1.807) is 30.3 Å². The molecule has 2 saturated heterocycles. The highest BCUT2D eigenvalue weighted by Gasteiger charge is 2.48. The molecule has 2 aromatic carbocycles. The largest absolute Gasteiger partial charge is 0.470 e. The number of ether oxygens (including phenoxy) is 3. The lowest BCUT2D eigenvalue weighted by Crippen LogP contribution is -2.34. The minimum atomic E-state index is -1.03. The van der Waals surface area contributed by atoms with Crippen LogP contribution in [0.2, 0.25) is 0 Å². The SMILES string of the molecule is O=C(Nc1ccc(-c2ccc(-c3nc4cc(O[C@@H]5CO[C@H]6[C@@H]5OC[C@H]6O)[nH]c4cc3F)cc2)cc1)[C@@H]1C[C@@H]1F. The molecule has 1 aliphatic carbocycles. The normalized spacial score (nSPS) is 27.5. The lowest BCUT2D eigenvalue weighted by atomic mass is 10.0. The average Bonchev–Trinajstić information content (AvgIpc) is 3.22. The maximum absolute atomic E-state index is 15.0. The molecule has 200 valence electrons. The lowest BCUT2D eigenvalue weighted by molar-refractivity contribution is -0.117. The Kier molecular flexibility index (Phi) is 5.84. The van der Waals surface area contributed by atoms with E-state index in [-0.39, 0.29) is 36.8 Å². The molecule has 4 aromatic rings. The van der Waals surface area contributed by atoms with Crippen molar-refractivity contribution in [3.8, 4) is 28.3 Å². The summed E-state index contributed by atoms with van der Waals surface area (Å²) >= 11 is 0. The average molecular weight is 534 g/mol. The first-order valence-corrected chi connectivity index (χ1v) is 12.9. The molecule has 2 aliphatic heterocycles. The Labute approximate surface area is 221 Å². The topological polar surface area (TPSA) is 106 Å². The van der Waals surface area contributed by atoms with E-state index in [9.17, 15) is 14.3 Å². The van der Waals surface area contributed by atoms with Gasteiger partial charge in [0, 0.05) is 23.4 Å². The van der Waals surface area contributed by atoms with Gasteiger partial charge in [0.2, 0.25) is 5.91 Å². The number of aromatic nitrogens is 2. The fraction of sp³-hybridized carbons (Fsp3) is 0.310. The Bertz CT molecular complexity index is 1540. The first kappa shape index (κ1) is 24.2. The minimum Gasteiger partial charge on any atom is -0.470 e. The van der Waals surface area contributed by atoms with Crippen LogP contribution >= 0.6 is 0 Å². The van der Waals surface area contributed by atoms with Gasteiger partial charge in [-0.2, -0.15) is 0 Å². The van der Waals surface area contributed by atoms with Crippen LogP contribution in [0.25, 0.3) is 33.4 Å². The summed E-state index contributed by atoms with van der Waals surface area (Å²) in [6, 6.07) is 17.8. The number of nitrogens with one attached hydrogen (secondary N) is 2.